The molecule has 0 saturated heterocycles. The fraction of sp³-hybridized carbons (Fsp3) is 0.0638. The summed E-state index contributed by atoms with van der Waals surface area (Å²) in [5.41, 5.74) is 12.5. The van der Waals surface area contributed by atoms with E-state index in [0.717, 1.165) is 0 Å². The van der Waals surface area contributed by atoms with Crippen molar-refractivity contribution in [2.45, 2.75) is 19.5 Å². The first-order chi connectivity index (χ1) is 25.2. The van der Waals surface area contributed by atoms with Crippen LogP contribution in [0.5, 0.6) is 0 Å². The number of hydrogen-bond donors (Lipinski definition) is 0. The Balaban J connectivity index is 1.41. The van der Waals surface area contributed by atoms with E-state index in [1.54, 1.807) is 0 Å². The van der Waals surface area contributed by atoms with Crippen LogP contribution in [0.15, 0.2) is 164 Å². The van der Waals surface area contributed by atoms with Gasteiger partial charge in [-0.2, -0.15) is 8.97 Å². The number of imidazole rings is 1. The zero-order chi connectivity index (χ0) is 33.6. The molecule has 0 saturated carbocycles. The number of aromatic nitrogens is 3. The van der Waals surface area contributed by atoms with Crippen molar-refractivity contribution in [2.24, 2.45) is 0 Å². The van der Waals surface area contributed by atoms with Crippen LogP contribution in [0, 0.1) is 13.8 Å². The molecule has 6 heterocycles. The summed E-state index contributed by atoms with van der Waals surface area (Å²) >= 11 is 0. The molecule has 0 fully saturated rings. The maximum atomic E-state index is 2.68. The number of benzene rings is 6. The molecular formula is C47H33N3Si+2. The highest BCUT2D eigenvalue weighted by molar-refractivity contribution is 7.20. The highest BCUT2D eigenvalue weighted by Gasteiger charge is 2.71. The fourth-order valence-corrected chi connectivity index (χ4v) is 15.9. The molecule has 3 aliphatic rings. The van der Waals surface area contributed by atoms with Crippen molar-refractivity contribution >= 4 is 56.1 Å². The minimum atomic E-state index is -2.84. The Labute approximate surface area is 297 Å². The SMILES string of the molecule is Cc1cccc(C)c1-c1c[n+]2c3c4c5c(ccc4c4ccccc4n13)[Si](c1ccccc1)(c1ccccc1)c1cccc3c1C52[n+]1ccccc1-3. The van der Waals surface area contributed by atoms with E-state index in [-0.39, 0.29) is 0 Å². The molecule has 9 aromatic rings. The lowest BCUT2D eigenvalue weighted by Gasteiger charge is -2.42. The van der Waals surface area contributed by atoms with Gasteiger partial charge in [0.1, 0.15) is 11.7 Å². The molecule has 4 heteroatoms. The summed E-state index contributed by atoms with van der Waals surface area (Å²) in [7, 11) is -2.84. The van der Waals surface area contributed by atoms with Gasteiger partial charge in [0, 0.05) is 28.5 Å². The van der Waals surface area contributed by atoms with Crippen LogP contribution in [-0.4, -0.2) is 12.5 Å². The van der Waals surface area contributed by atoms with Crippen LogP contribution in [0.25, 0.3) is 49.8 Å². The second-order valence-corrected chi connectivity index (χ2v) is 18.3. The lowest BCUT2D eigenvalue weighted by Crippen LogP contribution is -2.84. The van der Waals surface area contributed by atoms with Gasteiger partial charge in [-0.1, -0.05) is 121 Å². The van der Waals surface area contributed by atoms with Crippen LogP contribution in [0.3, 0.4) is 0 Å². The summed E-state index contributed by atoms with van der Waals surface area (Å²) in [6, 6.07) is 57.6. The third kappa shape index (κ3) is 2.98. The van der Waals surface area contributed by atoms with Crippen molar-refractivity contribution < 1.29 is 9.13 Å². The van der Waals surface area contributed by atoms with E-state index >= 15 is 0 Å². The van der Waals surface area contributed by atoms with E-state index in [0.29, 0.717) is 0 Å². The predicted molar refractivity (Wildman–Crippen MR) is 208 cm³/mol. The molecule has 0 radical (unpaired) electrons. The number of pyridine rings is 2. The molecule has 6 aromatic carbocycles. The van der Waals surface area contributed by atoms with Crippen LogP contribution < -0.4 is 29.9 Å². The Kier molecular flexibility index (Phi) is 5.08. The number of fused-ring (bicyclic) bond motifs is 5. The van der Waals surface area contributed by atoms with Gasteiger partial charge in [-0.3, -0.25) is 0 Å². The first-order valence-corrected chi connectivity index (χ1v) is 20.0. The molecule has 3 aliphatic heterocycles. The third-order valence-corrected chi connectivity index (χ3v) is 17.2. The lowest BCUT2D eigenvalue weighted by molar-refractivity contribution is -0.949. The molecule has 0 aliphatic carbocycles. The highest BCUT2D eigenvalue weighted by Crippen LogP contribution is 2.50. The van der Waals surface area contributed by atoms with E-state index in [2.05, 4.69) is 191 Å². The van der Waals surface area contributed by atoms with Crippen molar-refractivity contribution in [3.8, 4) is 22.5 Å². The average molecular weight is 668 g/mol. The Hall–Kier alpha value is -6.10. The monoisotopic (exact) mass is 667 g/mol. The van der Waals surface area contributed by atoms with Crippen LogP contribution in [0.1, 0.15) is 22.3 Å². The maximum Gasteiger partial charge on any atom is 0.364 e. The highest BCUT2D eigenvalue weighted by atomic mass is 28.3. The van der Waals surface area contributed by atoms with Gasteiger partial charge >= 0.3 is 11.3 Å². The molecule has 1 unspecified atom stereocenters. The maximum absolute atomic E-state index is 2.84. The summed E-state index contributed by atoms with van der Waals surface area (Å²) in [5, 5.41) is 9.79. The first-order valence-electron chi connectivity index (χ1n) is 18.0. The fourth-order valence-electron chi connectivity index (χ4n) is 10.6. The van der Waals surface area contributed by atoms with Crippen LogP contribution in [-0.2, 0) is 5.66 Å². The van der Waals surface area contributed by atoms with Gasteiger partial charge in [-0.05, 0) is 63.9 Å². The predicted octanol–water partition coefficient (Wildman–Crippen LogP) is 6.39. The van der Waals surface area contributed by atoms with Crippen LogP contribution >= 0.6 is 0 Å². The topological polar surface area (TPSA) is 12.2 Å². The van der Waals surface area contributed by atoms with Gasteiger partial charge in [0.2, 0.25) is 5.69 Å². The normalized spacial score (nSPS) is 17.1. The molecule has 238 valence electrons. The van der Waals surface area contributed by atoms with Crippen molar-refractivity contribution in [3.05, 3.63) is 186 Å². The van der Waals surface area contributed by atoms with E-state index in [1.807, 2.05) is 0 Å². The van der Waals surface area contributed by atoms with Crippen molar-refractivity contribution in [1.82, 2.24) is 4.40 Å². The number of para-hydroxylation sites is 1. The van der Waals surface area contributed by atoms with Crippen molar-refractivity contribution in [3.63, 3.8) is 0 Å². The molecule has 1 atom stereocenters. The van der Waals surface area contributed by atoms with Gasteiger partial charge in [-0.15, -0.1) is 4.57 Å². The molecule has 12 rings (SSSR count). The Bertz CT molecular complexity index is 2940. The van der Waals surface area contributed by atoms with Crippen LogP contribution in [0.4, 0.5) is 0 Å². The quantitative estimate of drug-likeness (QED) is 0.118. The molecule has 0 bridgehead atoms. The molecule has 0 N–H and O–H groups in total. The average Bonchev–Trinajstić information content (AvgIpc) is 3.81. The number of nitrogens with zero attached hydrogens (tertiary/aromatic N) is 3. The van der Waals surface area contributed by atoms with E-state index in [9.17, 15) is 0 Å². The molecular weight excluding hydrogens is 635 g/mol. The first kappa shape index (κ1) is 27.7. The molecule has 51 heavy (non-hydrogen) atoms. The van der Waals surface area contributed by atoms with E-state index in [4.69, 9.17) is 0 Å². The summed E-state index contributed by atoms with van der Waals surface area (Å²) in [6.07, 6.45) is 4.83. The number of hydrogen-bond acceptors (Lipinski definition) is 0. The zero-order valence-corrected chi connectivity index (χ0v) is 29.4. The summed E-state index contributed by atoms with van der Waals surface area (Å²) in [5.74, 6) is 0. The molecule has 3 nitrogen and oxygen atoms in total. The number of aryl methyl sites for hydroxylation is 2. The van der Waals surface area contributed by atoms with Gasteiger partial charge in [-0.25, -0.2) is 0 Å². The minimum absolute atomic E-state index is 0.586. The van der Waals surface area contributed by atoms with Crippen LogP contribution in [0.2, 0.25) is 0 Å². The van der Waals surface area contributed by atoms with Gasteiger partial charge in [0.15, 0.2) is 20.0 Å². The smallest absolute Gasteiger partial charge is 0.187 e. The third-order valence-electron chi connectivity index (χ3n) is 12.4. The second-order valence-electron chi connectivity index (χ2n) is 14.6. The molecule has 0 amide bonds. The van der Waals surface area contributed by atoms with E-state index in [1.165, 1.54) is 92.8 Å². The van der Waals surface area contributed by atoms with Gasteiger partial charge < -0.3 is 0 Å². The molecule has 1 spiro atoms. The van der Waals surface area contributed by atoms with Gasteiger partial charge in [0.05, 0.1) is 22.1 Å². The molecule has 3 aromatic heterocycles. The minimum Gasteiger partial charge on any atom is -0.187 e. The Morgan fingerprint density at radius 2 is 1.22 bits per heavy atom. The Morgan fingerprint density at radius 1 is 0.549 bits per heavy atom. The lowest BCUT2D eigenvalue weighted by atomic mass is 9.88. The summed E-state index contributed by atoms with van der Waals surface area (Å²) in [6.45, 7) is 4.52. The van der Waals surface area contributed by atoms with Crippen molar-refractivity contribution in [2.75, 3.05) is 0 Å². The standard InChI is InChI=1S/C47H33N3Si/c1-30-15-13-16-31(2)42(30)39-29-49-46-43-35(34-21-9-10-24-38(34)50(39)46)26-27-41-45(43)47(49)44-36(37-23-11-12-28-48(37)47)22-14-25-40(44)51(41,32-17-5-3-6-18-32)33-19-7-4-8-20-33/h3-29H,1-2H3/q+2. The van der Waals surface area contributed by atoms with Gasteiger partial charge in [0.25, 0.3) is 0 Å². The Morgan fingerprint density at radius 3 is 1.98 bits per heavy atom. The summed E-state index contributed by atoms with van der Waals surface area (Å²) < 4.78 is 7.88. The second kappa shape index (κ2) is 9.36. The zero-order valence-electron chi connectivity index (χ0n) is 28.4. The largest absolute Gasteiger partial charge is 0.364 e. The van der Waals surface area contributed by atoms with Crippen molar-refractivity contribution in [1.29, 1.82) is 0 Å². The van der Waals surface area contributed by atoms with E-state index < -0.39 is 13.7 Å². The summed E-state index contributed by atoms with van der Waals surface area (Å²) in [4.78, 5) is 0. The number of rotatable bonds is 3.